The minimum Gasteiger partial charge on any atom is -0.392 e. The van der Waals surface area contributed by atoms with Crippen LogP contribution < -0.4 is 4.90 Å². The first-order valence-electron chi connectivity index (χ1n) is 4.96. The van der Waals surface area contributed by atoms with Crippen LogP contribution in [0.5, 0.6) is 0 Å². The van der Waals surface area contributed by atoms with Crippen molar-refractivity contribution in [1.29, 1.82) is 0 Å². The minimum atomic E-state index is -0.675. The second kappa shape index (κ2) is 4.72. The molecule has 2 rings (SSSR count). The summed E-state index contributed by atoms with van der Waals surface area (Å²) in [6, 6.07) is 3.69. The van der Waals surface area contributed by atoms with Crippen molar-refractivity contribution < 1.29 is 9.32 Å². The molecule has 0 unspecified atom stereocenters. The zero-order valence-corrected chi connectivity index (χ0v) is 9.24. The maximum Gasteiger partial charge on any atom is 0.134 e. The summed E-state index contributed by atoms with van der Waals surface area (Å²) in [4.78, 5) is 6.36. The van der Waals surface area contributed by atoms with Crippen LogP contribution >= 0.6 is 0 Å². The molecule has 1 N–H and O–H groups in total. The number of aliphatic hydroxyl groups excluding tert-OH is 1. The number of hydrogen-bond donors (Lipinski definition) is 1. The summed E-state index contributed by atoms with van der Waals surface area (Å²) in [5.41, 5.74) is 0.838. The lowest BCUT2D eigenvalue weighted by Crippen LogP contribution is -2.38. The van der Waals surface area contributed by atoms with Crippen LogP contribution in [0, 0.1) is 0 Å². The molecule has 1 saturated heterocycles. The average molecular weight is 226 g/mol. The third-order valence-corrected chi connectivity index (χ3v) is 3.79. The van der Waals surface area contributed by atoms with Gasteiger partial charge in [0, 0.05) is 47.2 Å². The highest BCUT2D eigenvalue weighted by Gasteiger charge is 2.18. The van der Waals surface area contributed by atoms with Gasteiger partial charge in [-0.1, -0.05) is 6.07 Å². The second-order valence-electron chi connectivity index (χ2n) is 3.48. The molecule has 0 atom stereocenters. The molecule has 2 heterocycles. The van der Waals surface area contributed by atoms with Crippen LogP contribution in [-0.4, -0.2) is 38.9 Å². The first-order valence-corrected chi connectivity index (χ1v) is 6.45. The van der Waals surface area contributed by atoms with Gasteiger partial charge in [0.05, 0.1) is 6.61 Å². The first-order chi connectivity index (χ1) is 7.31. The zero-order chi connectivity index (χ0) is 10.7. The molecule has 5 heteroatoms. The molecule has 0 aliphatic carbocycles. The first kappa shape index (κ1) is 10.6. The Balaban J connectivity index is 2.18. The number of aliphatic hydroxyl groups is 1. The monoisotopic (exact) mass is 226 g/mol. The van der Waals surface area contributed by atoms with Crippen LogP contribution in [0.2, 0.25) is 0 Å². The molecule has 0 saturated carbocycles. The van der Waals surface area contributed by atoms with Gasteiger partial charge >= 0.3 is 0 Å². The quantitative estimate of drug-likeness (QED) is 0.779. The third-order valence-electron chi connectivity index (χ3n) is 2.52. The van der Waals surface area contributed by atoms with Crippen LogP contribution in [0.25, 0.3) is 0 Å². The van der Waals surface area contributed by atoms with Gasteiger partial charge in [0.25, 0.3) is 0 Å². The fourth-order valence-electron chi connectivity index (χ4n) is 1.69. The predicted molar refractivity (Wildman–Crippen MR) is 60.2 cm³/mol. The van der Waals surface area contributed by atoms with Gasteiger partial charge in [-0.05, 0) is 6.07 Å². The molecule has 1 aliphatic rings. The van der Waals surface area contributed by atoms with Crippen LogP contribution in [0.4, 0.5) is 5.82 Å². The van der Waals surface area contributed by atoms with Gasteiger partial charge in [0.2, 0.25) is 0 Å². The number of pyridine rings is 1. The van der Waals surface area contributed by atoms with E-state index < -0.39 is 10.8 Å². The van der Waals surface area contributed by atoms with Gasteiger partial charge in [-0.15, -0.1) is 0 Å². The molecule has 0 amide bonds. The SMILES string of the molecule is O=S1CCN(c2ncccc2CO)CC1. The summed E-state index contributed by atoms with van der Waals surface area (Å²) in [7, 11) is -0.675. The Labute approximate surface area is 91.4 Å². The molecule has 1 aromatic rings. The van der Waals surface area contributed by atoms with Crippen LogP contribution in [0.1, 0.15) is 5.56 Å². The van der Waals surface area contributed by atoms with Crippen molar-refractivity contribution in [3.8, 4) is 0 Å². The summed E-state index contributed by atoms with van der Waals surface area (Å²) in [5.74, 6) is 2.22. The Kier molecular flexibility index (Phi) is 3.33. The van der Waals surface area contributed by atoms with E-state index in [1.165, 1.54) is 0 Å². The Morgan fingerprint density at radius 2 is 2.20 bits per heavy atom. The summed E-state index contributed by atoms with van der Waals surface area (Å²) >= 11 is 0. The van der Waals surface area contributed by atoms with E-state index in [1.54, 1.807) is 6.20 Å². The van der Waals surface area contributed by atoms with Gasteiger partial charge in [0.15, 0.2) is 0 Å². The van der Waals surface area contributed by atoms with Gasteiger partial charge in [0.1, 0.15) is 5.82 Å². The summed E-state index contributed by atoms with van der Waals surface area (Å²) in [5, 5.41) is 9.17. The summed E-state index contributed by atoms with van der Waals surface area (Å²) in [6.07, 6.45) is 1.72. The molecule has 15 heavy (non-hydrogen) atoms. The Hall–Kier alpha value is -0.940. The van der Waals surface area contributed by atoms with Crippen molar-refractivity contribution in [2.75, 3.05) is 29.5 Å². The fourth-order valence-corrected chi connectivity index (χ4v) is 2.74. The lowest BCUT2D eigenvalue weighted by atomic mass is 10.2. The van der Waals surface area contributed by atoms with E-state index in [2.05, 4.69) is 9.88 Å². The van der Waals surface area contributed by atoms with Crippen molar-refractivity contribution in [2.24, 2.45) is 0 Å². The van der Waals surface area contributed by atoms with Gasteiger partial charge in [-0.25, -0.2) is 4.98 Å². The van der Waals surface area contributed by atoms with Crippen molar-refractivity contribution >= 4 is 16.6 Å². The van der Waals surface area contributed by atoms with Gasteiger partial charge in [-0.2, -0.15) is 0 Å². The number of rotatable bonds is 2. The standard InChI is InChI=1S/C10H14N2O2S/c13-8-9-2-1-3-11-10(9)12-4-6-15(14)7-5-12/h1-3,13H,4-8H2. The van der Waals surface area contributed by atoms with Crippen LogP contribution in [0.15, 0.2) is 18.3 Å². The molecule has 82 valence electrons. The normalized spacial score (nSPS) is 18.1. The molecule has 0 radical (unpaired) electrons. The van der Waals surface area contributed by atoms with Crippen molar-refractivity contribution in [1.82, 2.24) is 4.98 Å². The largest absolute Gasteiger partial charge is 0.392 e. The smallest absolute Gasteiger partial charge is 0.134 e. The summed E-state index contributed by atoms with van der Waals surface area (Å²) < 4.78 is 11.2. The van der Waals surface area contributed by atoms with Crippen LogP contribution in [-0.2, 0) is 17.4 Å². The van der Waals surface area contributed by atoms with Crippen molar-refractivity contribution in [3.05, 3.63) is 23.9 Å². The van der Waals surface area contributed by atoms with Gasteiger partial charge < -0.3 is 10.0 Å². The average Bonchev–Trinajstić information content (AvgIpc) is 2.30. The lowest BCUT2D eigenvalue weighted by Gasteiger charge is -2.28. The van der Waals surface area contributed by atoms with Crippen molar-refractivity contribution in [2.45, 2.75) is 6.61 Å². The summed E-state index contributed by atoms with van der Waals surface area (Å²) in [6.45, 7) is 1.52. The topological polar surface area (TPSA) is 53.4 Å². The number of aromatic nitrogens is 1. The Bertz CT molecular complexity index is 360. The lowest BCUT2D eigenvalue weighted by molar-refractivity contribution is 0.281. The van der Waals surface area contributed by atoms with E-state index in [1.807, 2.05) is 12.1 Å². The second-order valence-corrected chi connectivity index (χ2v) is 5.18. The number of nitrogens with zero attached hydrogens (tertiary/aromatic N) is 2. The van der Waals surface area contributed by atoms with E-state index >= 15 is 0 Å². The fraction of sp³-hybridized carbons (Fsp3) is 0.500. The molecular weight excluding hydrogens is 212 g/mol. The maximum atomic E-state index is 11.2. The highest BCUT2D eigenvalue weighted by molar-refractivity contribution is 7.85. The number of anilines is 1. The third kappa shape index (κ3) is 2.35. The maximum absolute atomic E-state index is 11.2. The molecule has 0 spiro atoms. The zero-order valence-electron chi connectivity index (χ0n) is 8.43. The van der Waals surface area contributed by atoms with E-state index in [0.29, 0.717) is 11.5 Å². The van der Waals surface area contributed by atoms with Crippen LogP contribution in [0.3, 0.4) is 0 Å². The van der Waals surface area contributed by atoms with E-state index in [9.17, 15) is 9.32 Å². The molecular formula is C10H14N2O2S. The van der Waals surface area contributed by atoms with Crippen molar-refractivity contribution in [3.63, 3.8) is 0 Å². The molecule has 1 aliphatic heterocycles. The minimum absolute atomic E-state index is 0.00274. The Morgan fingerprint density at radius 3 is 2.87 bits per heavy atom. The van der Waals surface area contributed by atoms with E-state index in [4.69, 9.17) is 0 Å². The molecule has 4 nitrogen and oxygen atoms in total. The highest BCUT2D eigenvalue weighted by Crippen LogP contribution is 2.18. The molecule has 0 aromatic carbocycles. The van der Waals surface area contributed by atoms with E-state index in [-0.39, 0.29) is 6.61 Å². The predicted octanol–water partition coefficient (Wildman–Crippen LogP) is 0.143. The Morgan fingerprint density at radius 1 is 1.47 bits per heavy atom. The molecule has 1 aromatic heterocycles. The highest BCUT2D eigenvalue weighted by atomic mass is 32.2. The molecule has 0 bridgehead atoms. The van der Waals surface area contributed by atoms with Gasteiger partial charge in [-0.3, -0.25) is 4.21 Å². The number of hydrogen-bond acceptors (Lipinski definition) is 4. The van der Waals surface area contributed by atoms with E-state index in [0.717, 1.165) is 24.5 Å². The molecule has 1 fully saturated rings.